The van der Waals surface area contributed by atoms with E-state index in [4.69, 9.17) is 5.10 Å². The highest BCUT2D eigenvalue weighted by Crippen LogP contribution is 2.39. The fourth-order valence-electron chi connectivity index (χ4n) is 6.10. The highest BCUT2D eigenvalue weighted by molar-refractivity contribution is 7.89. The number of benzene rings is 2. The van der Waals surface area contributed by atoms with Crippen molar-refractivity contribution >= 4 is 26.6 Å². The zero-order chi connectivity index (χ0) is 27.5. The number of fused-ring (bicyclic) bond motifs is 5. The maximum Gasteiger partial charge on any atom is 0.250 e. The summed E-state index contributed by atoms with van der Waals surface area (Å²) in [6.45, 7) is 9.57. The van der Waals surface area contributed by atoms with Crippen molar-refractivity contribution in [2.75, 3.05) is 18.0 Å². The van der Waals surface area contributed by atoms with E-state index in [1.807, 2.05) is 61.7 Å². The largest absolute Gasteiger partial charge is 0.354 e. The lowest BCUT2D eigenvalue weighted by Crippen LogP contribution is -2.47. The molecule has 8 nitrogen and oxygen atoms in total. The van der Waals surface area contributed by atoms with Crippen LogP contribution in [0.3, 0.4) is 0 Å². The summed E-state index contributed by atoms with van der Waals surface area (Å²) in [5.74, 6) is 1.44. The molecule has 1 fully saturated rings. The predicted octanol–water partition coefficient (Wildman–Crippen LogP) is 4.47. The van der Waals surface area contributed by atoms with E-state index in [2.05, 4.69) is 26.9 Å². The first-order valence-electron chi connectivity index (χ1n) is 13.4. The summed E-state index contributed by atoms with van der Waals surface area (Å²) < 4.78 is 31.1. The van der Waals surface area contributed by atoms with Crippen LogP contribution in [0.25, 0.3) is 22.0 Å². The molecule has 2 aliphatic rings. The Kier molecular flexibility index (Phi) is 6.11. The average Bonchev–Trinajstić information content (AvgIpc) is 2.87. The van der Waals surface area contributed by atoms with Gasteiger partial charge in [-0.1, -0.05) is 42.5 Å². The van der Waals surface area contributed by atoms with Crippen LogP contribution in [0.1, 0.15) is 44.4 Å². The molecule has 0 saturated carbocycles. The van der Waals surface area contributed by atoms with Gasteiger partial charge in [0.2, 0.25) is 10.0 Å². The molecular formula is C30H33N5O3S. The Balaban J connectivity index is 1.41. The van der Waals surface area contributed by atoms with Crippen molar-refractivity contribution in [3.8, 4) is 11.3 Å². The quantitative estimate of drug-likeness (QED) is 0.408. The van der Waals surface area contributed by atoms with E-state index in [1.165, 1.54) is 0 Å². The number of pyridine rings is 1. The molecule has 2 bridgehead atoms. The molecule has 4 heterocycles. The first-order chi connectivity index (χ1) is 18.5. The van der Waals surface area contributed by atoms with Gasteiger partial charge in [-0.25, -0.2) is 13.1 Å². The Hall–Kier alpha value is -3.56. The van der Waals surface area contributed by atoms with Crippen LogP contribution >= 0.6 is 0 Å². The van der Waals surface area contributed by atoms with Crippen molar-refractivity contribution in [2.24, 2.45) is 5.92 Å². The molecule has 0 unspecified atom stereocenters. The Labute approximate surface area is 228 Å². The Morgan fingerprint density at radius 3 is 2.46 bits per heavy atom. The maximum atomic E-state index is 13.2. The lowest BCUT2D eigenvalue weighted by atomic mass is 9.83. The summed E-state index contributed by atoms with van der Waals surface area (Å²) in [4.78, 5) is 15.0. The number of piperidine rings is 1. The van der Waals surface area contributed by atoms with E-state index in [0.29, 0.717) is 29.3 Å². The van der Waals surface area contributed by atoms with Gasteiger partial charge in [-0.05, 0) is 57.7 Å². The third-order valence-corrected chi connectivity index (χ3v) is 9.54. The highest BCUT2D eigenvalue weighted by Gasteiger charge is 2.36. The summed E-state index contributed by atoms with van der Waals surface area (Å²) in [5, 5.41) is 11.3. The molecule has 0 radical (unpaired) electrons. The molecule has 6 rings (SSSR count). The summed E-state index contributed by atoms with van der Waals surface area (Å²) in [6.07, 6.45) is 1.06. The minimum absolute atomic E-state index is 0.0717. The number of sulfonamides is 1. The van der Waals surface area contributed by atoms with Crippen LogP contribution in [0.4, 0.5) is 5.82 Å². The smallest absolute Gasteiger partial charge is 0.250 e. The molecule has 202 valence electrons. The zero-order valence-corrected chi connectivity index (χ0v) is 23.5. The average molecular weight is 544 g/mol. The number of hydrogen-bond acceptors (Lipinski definition) is 6. The van der Waals surface area contributed by atoms with E-state index in [-0.39, 0.29) is 16.4 Å². The number of nitrogens with one attached hydrogen (secondary N) is 1. The second-order valence-corrected chi connectivity index (χ2v) is 13.5. The van der Waals surface area contributed by atoms with Gasteiger partial charge in [0.15, 0.2) is 5.82 Å². The van der Waals surface area contributed by atoms with E-state index in [1.54, 1.807) is 19.1 Å². The summed E-state index contributed by atoms with van der Waals surface area (Å²) in [7, 11) is -3.72. The fraction of sp³-hybridized carbons (Fsp3) is 0.367. The number of nitrogens with zero attached hydrogens (tertiary/aromatic N) is 4. The number of anilines is 1. The second kappa shape index (κ2) is 9.27. The Bertz CT molecular complexity index is 1760. The normalized spacial score (nSPS) is 19.2. The van der Waals surface area contributed by atoms with Gasteiger partial charge in [-0.15, -0.1) is 10.2 Å². The molecule has 4 aromatic rings. The maximum absolute atomic E-state index is 13.2. The fourth-order valence-corrected chi connectivity index (χ4v) is 7.79. The lowest BCUT2D eigenvalue weighted by molar-refractivity contribution is 0.280. The van der Waals surface area contributed by atoms with Crippen molar-refractivity contribution < 1.29 is 8.42 Å². The molecule has 9 heteroatoms. The van der Waals surface area contributed by atoms with E-state index in [9.17, 15) is 13.2 Å². The molecule has 39 heavy (non-hydrogen) atoms. The van der Waals surface area contributed by atoms with E-state index < -0.39 is 15.6 Å². The number of rotatable bonds is 4. The van der Waals surface area contributed by atoms with Crippen LogP contribution in [0.15, 0.2) is 70.4 Å². The Morgan fingerprint density at radius 1 is 0.923 bits per heavy atom. The van der Waals surface area contributed by atoms with Gasteiger partial charge >= 0.3 is 0 Å². The second-order valence-electron chi connectivity index (χ2n) is 11.9. The van der Waals surface area contributed by atoms with Gasteiger partial charge in [0.25, 0.3) is 5.56 Å². The van der Waals surface area contributed by atoms with E-state index in [0.717, 1.165) is 41.8 Å². The van der Waals surface area contributed by atoms with Crippen molar-refractivity contribution in [3.63, 3.8) is 0 Å². The molecule has 2 aliphatic heterocycles. The molecule has 1 N–H and O–H groups in total. The predicted molar refractivity (Wildman–Crippen MR) is 154 cm³/mol. The lowest BCUT2D eigenvalue weighted by Gasteiger charge is -2.43. The molecular weight excluding hydrogens is 510 g/mol. The third-order valence-electron chi connectivity index (χ3n) is 7.64. The van der Waals surface area contributed by atoms with Crippen molar-refractivity contribution in [3.05, 3.63) is 82.3 Å². The highest BCUT2D eigenvalue weighted by atomic mass is 32.2. The molecule has 2 aromatic carbocycles. The van der Waals surface area contributed by atoms with Gasteiger partial charge in [0.1, 0.15) is 5.69 Å². The summed E-state index contributed by atoms with van der Waals surface area (Å²) in [5.41, 5.74) is 2.58. The number of hydrogen-bond donors (Lipinski definition) is 1. The molecule has 0 aliphatic carbocycles. The zero-order valence-electron chi connectivity index (χ0n) is 22.7. The van der Waals surface area contributed by atoms with E-state index >= 15 is 0 Å². The summed E-state index contributed by atoms with van der Waals surface area (Å²) in [6, 6.07) is 19.0. The summed E-state index contributed by atoms with van der Waals surface area (Å²) >= 11 is 0. The molecule has 2 aromatic heterocycles. The van der Waals surface area contributed by atoms with Gasteiger partial charge in [0.05, 0.1) is 4.90 Å². The third kappa shape index (κ3) is 4.74. The van der Waals surface area contributed by atoms with Crippen molar-refractivity contribution in [2.45, 2.75) is 57.0 Å². The van der Waals surface area contributed by atoms with Crippen LogP contribution in [0.2, 0.25) is 0 Å². The van der Waals surface area contributed by atoms with Crippen molar-refractivity contribution in [1.29, 1.82) is 0 Å². The first kappa shape index (κ1) is 25.7. The topological polar surface area (TPSA) is 97.2 Å². The molecule has 0 amide bonds. The van der Waals surface area contributed by atoms with Crippen LogP contribution in [-0.2, 0) is 16.6 Å². The SMILES string of the molecule is Cc1ccc(-c2nnc(N3C[C@@H]4C[C@@H](C3)c3cccc(=O)n3C4)c3ccccc23)cc1S(=O)(=O)NC(C)(C)C. The van der Waals surface area contributed by atoms with Gasteiger partial charge in [-0.3, -0.25) is 4.79 Å². The standard InChI is InChI=1S/C30H33N5O3S/c1-19-12-13-21(15-26(19)39(37,38)33-30(2,3)4)28-23-8-5-6-9-24(23)29(32-31-28)34-16-20-14-22(18-34)25-10-7-11-27(36)35(25)17-20/h5-13,15,20,22,33H,14,16-18H2,1-4H3/t20-,22-/m0/s1. The van der Waals surface area contributed by atoms with Crippen LogP contribution < -0.4 is 15.2 Å². The molecule has 1 saturated heterocycles. The Morgan fingerprint density at radius 2 is 1.69 bits per heavy atom. The minimum Gasteiger partial charge on any atom is -0.354 e. The monoisotopic (exact) mass is 543 g/mol. The van der Waals surface area contributed by atoms with Crippen LogP contribution in [0.5, 0.6) is 0 Å². The minimum atomic E-state index is -3.72. The van der Waals surface area contributed by atoms with Crippen LogP contribution in [0, 0.1) is 12.8 Å². The van der Waals surface area contributed by atoms with Gasteiger partial charge in [-0.2, -0.15) is 0 Å². The van der Waals surface area contributed by atoms with Crippen LogP contribution in [-0.4, -0.2) is 41.8 Å². The molecule has 2 atom stereocenters. The van der Waals surface area contributed by atoms with Gasteiger partial charge < -0.3 is 9.47 Å². The molecule has 0 spiro atoms. The first-order valence-corrected chi connectivity index (χ1v) is 14.8. The van der Waals surface area contributed by atoms with Gasteiger partial charge in [0, 0.05) is 59.2 Å². The number of aryl methyl sites for hydroxylation is 1. The van der Waals surface area contributed by atoms with Crippen molar-refractivity contribution in [1.82, 2.24) is 19.5 Å². The number of aromatic nitrogens is 3.